The molecule has 0 amide bonds. The highest BCUT2D eigenvalue weighted by molar-refractivity contribution is 6.54. The van der Waals surface area contributed by atoms with Crippen molar-refractivity contribution in [2.24, 2.45) is 0 Å². The van der Waals surface area contributed by atoms with E-state index in [-0.39, 0.29) is 0 Å². The smallest absolute Gasteiger partial charge is 0.240 e. The van der Waals surface area contributed by atoms with Crippen molar-refractivity contribution in [1.29, 1.82) is 0 Å². The van der Waals surface area contributed by atoms with Crippen molar-refractivity contribution in [3.05, 3.63) is 17.2 Å². The maximum absolute atomic E-state index is 11.8. The Labute approximate surface area is 100 Å². The van der Waals surface area contributed by atoms with Gasteiger partial charge in [-0.05, 0) is 0 Å². The Hall–Kier alpha value is -2.41. The van der Waals surface area contributed by atoms with E-state index >= 15 is 0 Å². The molecule has 18 heavy (non-hydrogen) atoms. The van der Waals surface area contributed by atoms with Crippen LogP contribution < -0.4 is 0 Å². The van der Waals surface area contributed by atoms with Crippen LogP contribution in [0, 0.1) is 0 Å². The van der Waals surface area contributed by atoms with Gasteiger partial charge in [0.25, 0.3) is 0 Å². The second kappa shape index (κ2) is 3.81. The molecule has 0 bridgehead atoms. The maximum Gasteiger partial charge on any atom is 0.240 e. The summed E-state index contributed by atoms with van der Waals surface area (Å²) >= 11 is 0. The molecule has 1 aromatic carbocycles. The van der Waals surface area contributed by atoms with Crippen molar-refractivity contribution >= 4 is 17.3 Å². The molecule has 0 spiro atoms. The summed E-state index contributed by atoms with van der Waals surface area (Å²) in [6, 6.07) is 0.680. The molecule has 1 aromatic rings. The molecule has 7 heteroatoms. The van der Waals surface area contributed by atoms with Gasteiger partial charge in [0.05, 0.1) is 11.1 Å². The number of rotatable bonds is 1. The zero-order valence-corrected chi connectivity index (χ0v) is 9.13. The molecule has 1 aliphatic rings. The first-order valence-electron chi connectivity index (χ1n) is 4.83. The third-order valence-corrected chi connectivity index (χ3v) is 2.67. The van der Waals surface area contributed by atoms with E-state index in [1.54, 1.807) is 0 Å². The average Bonchev–Trinajstić information content (AvgIpc) is 2.31. The second-order valence-electron chi connectivity index (χ2n) is 3.69. The summed E-state index contributed by atoms with van der Waals surface area (Å²) in [6.07, 6.45) is -1.67. The lowest BCUT2D eigenvalue weighted by Gasteiger charge is -2.21. The van der Waals surface area contributed by atoms with Gasteiger partial charge < -0.3 is 20.1 Å². The fraction of sp³-hybridized carbons (Fsp3) is 0.182. The van der Waals surface area contributed by atoms with Gasteiger partial charge in [-0.1, -0.05) is 0 Å². The third kappa shape index (κ3) is 1.37. The second-order valence-corrected chi connectivity index (χ2v) is 3.69. The number of carbonyl (C=O) groups is 3. The van der Waals surface area contributed by atoms with Crippen molar-refractivity contribution in [2.75, 3.05) is 7.11 Å². The Balaban J connectivity index is 2.82. The number of fused-ring (bicyclic) bond motifs is 1. The van der Waals surface area contributed by atoms with Gasteiger partial charge in [-0.25, -0.2) is 0 Å². The number of ketones is 3. The lowest BCUT2D eigenvalue weighted by molar-refractivity contribution is -0.122. The van der Waals surface area contributed by atoms with Crippen LogP contribution >= 0.6 is 0 Å². The van der Waals surface area contributed by atoms with Crippen LogP contribution in [0.15, 0.2) is 6.07 Å². The Morgan fingerprint density at radius 2 is 1.61 bits per heavy atom. The molecule has 0 fully saturated rings. The number of ether oxygens (including phenoxy) is 1. The van der Waals surface area contributed by atoms with Gasteiger partial charge in [0.2, 0.25) is 17.3 Å². The molecule has 0 aliphatic heterocycles. The first-order valence-corrected chi connectivity index (χ1v) is 4.83. The summed E-state index contributed by atoms with van der Waals surface area (Å²) in [5.41, 5.74) is -1.22. The van der Waals surface area contributed by atoms with E-state index in [2.05, 4.69) is 4.74 Å². The lowest BCUT2D eigenvalue weighted by atomic mass is 9.85. The first kappa shape index (κ1) is 12.1. The third-order valence-electron chi connectivity index (χ3n) is 2.67. The fourth-order valence-corrected chi connectivity index (χ4v) is 1.82. The van der Waals surface area contributed by atoms with Crippen LogP contribution in [0.1, 0.15) is 20.7 Å². The quantitative estimate of drug-likeness (QED) is 0.273. The van der Waals surface area contributed by atoms with Gasteiger partial charge in [-0.2, -0.15) is 0 Å². The molecule has 94 valence electrons. The number of hydrogen-bond donors (Lipinski definition) is 3. The minimum atomic E-state index is -1.67. The minimum absolute atomic E-state index is 0.607. The highest BCUT2D eigenvalue weighted by Crippen LogP contribution is 2.40. The number of Topliss-reactive ketones (excluding diaryl/α,β-unsaturated/α-hetero) is 3. The Morgan fingerprint density at radius 3 is 2.17 bits per heavy atom. The molecule has 7 nitrogen and oxygen atoms in total. The van der Waals surface area contributed by atoms with Gasteiger partial charge in [0.15, 0.2) is 17.6 Å². The summed E-state index contributed by atoms with van der Waals surface area (Å²) < 4.78 is 4.58. The normalized spacial score (nSPS) is 18.9. The van der Waals surface area contributed by atoms with Gasteiger partial charge in [-0.3, -0.25) is 14.4 Å². The minimum Gasteiger partial charge on any atom is -0.507 e. The average molecular weight is 252 g/mol. The Kier molecular flexibility index (Phi) is 2.55. The number of hydrogen-bond acceptors (Lipinski definition) is 7. The zero-order valence-electron chi connectivity index (χ0n) is 9.13. The molecular weight excluding hydrogens is 244 g/mol. The van der Waals surface area contributed by atoms with Crippen molar-refractivity contribution in [1.82, 2.24) is 0 Å². The fourth-order valence-electron chi connectivity index (χ4n) is 1.82. The predicted octanol–water partition coefficient (Wildman–Crippen LogP) is -0.233. The zero-order chi connectivity index (χ0) is 13.6. The number of carbonyl (C=O) groups excluding carboxylic acids is 3. The molecule has 1 unspecified atom stereocenters. The summed E-state index contributed by atoms with van der Waals surface area (Å²) in [5, 5.41) is 28.3. The van der Waals surface area contributed by atoms with Crippen LogP contribution in [0.5, 0.6) is 17.2 Å². The monoisotopic (exact) mass is 252 g/mol. The topological polar surface area (TPSA) is 121 Å². The van der Waals surface area contributed by atoms with Crippen molar-refractivity contribution < 1.29 is 34.4 Å². The van der Waals surface area contributed by atoms with Gasteiger partial charge in [0.1, 0.15) is 5.75 Å². The first-order chi connectivity index (χ1) is 8.40. The number of phenols is 3. The summed E-state index contributed by atoms with van der Waals surface area (Å²) in [4.78, 5) is 35.1. The predicted molar refractivity (Wildman–Crippen MR) is 55.9 cm³/mol. The van der Waals surface area contributed by atoms with Gasteiger partial charge >= 0.3 is 0 Å². The summed E-state index contributed by atoms with van der Waals surface area (Å²) in [7, 11) is 1.05. The maximum atomic E-state index is 11.8. The van der Waals surface area contributed by atoms with Gasteiger partial charge in [-0.15, -0.1) is 0 Å². The van der Waals surface area contributed by atoms with E-state index in [1.165, 1.54) is 0 Å². The van der Waals surface area contributed by atoms with Crippen molar-refractivity contribution in [3.8, 4) is 17.2 Å². The Bertz CT molecular complexity index is 588. The number of benzene rings is 1. The molecule has 1 aliphatic carbocycles. The molecule has 0 aromatic heterocycles. The van der Waals surface area contributed by atoms with Crippen LogP contribution in [-0.2, 0) is 9.53 Å². The van der Waals surface area contributed by atoms with Crippen LogP contribution in [0.25, 0.3) is 0 Å². The van der Waals surface area contributed by atoms with Crippen molar-refractivity contribution in [3.63, 3.8) is 0 Å². The molecule has 0 saturated carbocycles. The standard InChI is InChI=1S/C11H8O7/c1-18-11-9(16)6-5(8(15)10(11)17)3(12)2-4(13)7(6)14/h2,11-14H,1H3. The largest absolute Gasteiger partial charge is 0.507 e. The number of aromatic hydroxyl groups is 3. The van der Waals surface area contributed by atoms with E-state index in [0.29, 0.717) is 6.07 Å². The molecule has 0 saturated heterocycles. The van der Waals surface area contributed by atoms with Crippen LogP contribution in [0.2, 0.25) is 0 Å². The van der Waals surface area contributed by atoms with E-state index < -0.39 is 51.8 Å². The van der Waals surface area contributed by atoms with E-state index in [4.69, 9.17) is 0 Å². The molecule has 1 atom stereocenters. The van der Waals surface area contributed by atoms with Gasteiger partial charge in [0, 0.05) is 13.2 Å². The van der Waals surface area contributed by atoms with E-state index in [0.717, 1.165) is 7.11 Å². The number of phenolic OH excluding ortho intramolecular Hbond substituents is 3. The van der Waals surface area contributed by atoms with E-state index in [1.807, 2.05) is 0 Å². The molecule has 0 heterocycles. The molecule has 0 radical (unpaired) electrons. The number of methoxy groups -OCH3 is 1. The van der Waals surface area contributed by atoms with Crippen LogP contribution in [0.3, 0.4) is 0 Å². The summed E-state index contributed by atoms with van der Waals surface area (Å²) in [6.45, 7) is 0. The lowest BCUT2D eigenvalue weighted by Crippen LogP contribution is -2.42. The SMILES string of the molecule is COC1C(=O)C(=O)c2c(O)cc(O)c(O)c2C1=O. The van der Waals surface area contributed by atoms with Crippen LogP contribution in [0.4, 0.5) is 0 Å². The summed E-state index contributed by atoms with van der Waals surface area (Å²) in [5.74, 6) is -5.64. The molecular formula is C11H8O7. The molecule has 2 rings (SSSR count). The highest BCUT2D eigenvalue weighted by Gasteiger charge is 2.44. The molecule has 3 N–H and O–H groups in total. The van der Waals surface area contributed by atoms with Crippen LogP contribution in [-0.4, -0.2) is 45.9 Å². The van der Waals surface area contributed by atoms with Crippen molar-refractivity contribution in [2.45, 2.75) is 6.10 Å². The van der Waals surface area contributed by atoms with E-state index in [9.17, 15) is 29.7 Å². The highest BCUT2D eigenvalue weighted by atomic mass is 16.5. The Morgan fingerprint density at radius 1 is 1.00 bits per heavy atom.